The Labute approximate surface area is 142 Å². The van der Waals surface area contributed by atoms with Crippen LogP contribution in [0, 0.1) is 0 Å². The molecule has 0 atom stereocenters. The second-order valence-corrected chi connectivity index (χ2v) is 5.55. The molecule has 2 rings (SSSR count). The molecular formula is C19H21ClN2O. The van der Waals surface area contributed by atoms with Crippen molar-refractivity contribution in [3.05, 3.63) is 71.8 Å². The summed E-state index contributed by atoms with van der Waals surface area (Å²) in [6.07, 6.45) is 1.79. The van der Waals surface area contributed by atoms with Crippen molar-refractivity contribution < 1.29 is 4.74 Å². The minimum absolute atomic E-state index is 0.515. The Morgan fingerprint density at radius 1 is 1.13 bits per heavy atom. The number of aliphatic imine (C=N–C) groups is 1. The first kappa shape index (κ1) is 17.1. The second kappa shape index (κ2) is 8.39. The SMILES string of the molecule is C=C(N=CN(C)Cc1ccc(OC)cc1)c1ccc(CCl)cc1. The quantitative estimate of drug-likeness (QED) is 0.422. The predicted molar refractivity (Wildman–Crippen MR) is 98.0 cm³/mol. The molecule has 3 nitrogen and oxygen atoms in total. The van der Waals surface area contributed by atoms with Crippen molar-refractivity contribution in [2.45, 2.75) is 12.4 Å². The zero-order valence-corrected chi connectivity index (χ0v) is 14.3. The van der Waals surface area contributed by atoms with Gasteiger partial charge < -0.3 is 9.64 Å². The van der Waals surface area contributed by atoms with Crippen LogP contribution in [-0.4, -0.2) is 25.4 Å². The molecule has 0 unspecified atom stereocenters. The smallest absolute Gasteiger partial charge is 0.118 e. The van der Waals surface area contributed by atoms with E-state index in [0.717, 1.165) is 29.1 Å². The molecule has 0 amide bonds. The predicted octanol–water partition coefficient (Wildman–Crippen LogP) is 4.57. The summed E-state index contributed by atoms with van der Waals surface area (Å²) in [5.41, 5.74) is 4.00. The molecule has 0 spiro atoms. The number of rotatable bonds is 7. The van der Waals surface area contributed by atoms with Crippen molar-refractivity contribution in [3.63, 3.8) is 0 Å². The monoisotopic (exact) mass is 328 g/mol. The summed E-state index contributed by atoms with van der Waals surface area (Å²) in [4.78, 5) is 6.44. The van der Waals surface area contributed by atoms with Crippen LogP contribution in [0.5, 0.6) is 5.75 Å². The van der Waals surface area contributed by atoms with Gasteiger partial charge in [0.2, 0.25) is 0 Å². The molecule has 0 radical (unpaired) electrons. The molecule has 0 aliphatic carbocycles. The second-order valence-electron chi connectivity index (χ2n) is 5.29. The Morgan fingerprint density at radius 3 is 2.30 bits per heavy atom. The van der Waals surface area contributed by atoms with Gasteiger partial charge >= 0.3 is 0 Å². The highest BCUT2D eigenvalue weighted by Gasteiger charge is 2.00. The van der Waals surface area contributed by atoms with Crippen LogP contribution >= 0.6 is 11.6 Å². The maximum Gasteiger partial charge on any atom is 0.118 e. The number of alkyl halides is 1. The highest BCUT2D eigenvalue weighted by molar-refractivity contribution is 6.17. The van der Waals surface area contributed by atoms with Crippen molar-refractivity contribution in [2.24, 2.45) is 4.99 Å². The molecule has 0 heterocycles. The first-order valence-electron chi connectivity index (χ1n) is 7.34. The van der Waals surface area contributed by atoms with Gasteiger partial charge in [-0.05, 0) is 28.8 Å². The fourth-order valence-corrected chi connectivity index (χ4v) is 2.27. The van der Waals surface area contributed by atoms with E-state index in [1.807, 2.05) is 60.5 Å². The average Bonchev–Trinajstić information content (AvgIpc) is 2.60. The molecular weight excluding hydrogens is 308 g/mol. The van der Waals surface area contributed by atoms with Crippen LogP contribution in [0.1, 0.15) is 16.7 Å². The zero-order valence-electron chi connectivity index (χ0n) is 13.5. The Kier molecular flexibility index (Phi) is 6.24. The first-order valence-corrected chi connectivity index (χ1v) is 7.87. The number of hydrogen-bond acceptors (Lipinski definition) is 2. The summed E-state index contributed by atoms with van der Waals surface area (Å²) in [5, 5.41) is 0. The third kappa shape index (κ3) is 5.15. The van der Waals surface area contributed by atoms with Gasteiger partial charge in [-0.2, -0.15) is 0 Å². The number of benzene rings is 2. The first-order chi connectivity index (χ1) is 11.1. The molecule has 0 N–H and O–H groups in total. The number of ether oxygens (including phenoxy) is 1. The number of methoxy groups -OCH3 is 1. The lowest BCUT2D eigenvalue weighted by molar-refractivity contribution is 0.414. The molecule has 4 heteroatoms. The maximum absolute atomic E-state index is 5.79. The van der Waals surface area contributed by atoms with Gasteiger partial charge in [0.05, 0.1) is 19.1 Å². The van der Waals surface area contributed by atoms with Crippen LogP contribution in [0.2, 0.25) is 0 Å². The Hall–Kier alpha value is -2.26. The average molecular weight is 329 g/mol. The lowest BCUT2D eigenvalue weighted by atomic mass is 10.1. The molecule has 0 saturated carbocycles. The Balaban J connectivity index is 1.93. The molecule has 2 aromatic carbocycles. The van der Waals surface area contributed by atoms with E-state index < -0.39 is 0 Å². The van der Waals surface area contributed by atoms with Gasteiger partial charge in [-0.3, -0.25) is 0 Å². The van der Waals surface area contributed by atoms with Crippen LogP contribution in [0.4, 0.5) is 0 Å². The minimum atomic E-state index is 0.515. The number of nitrogens with zero attached hydrogens (tertiary/aromatic N) is 2. The van der Waals surface area contributed by atoms with Gasteiger partial charge in [-0.1, -0.05) is 43.0 Å². The topological polar surface area (TPSA) is 24.8 Å². The lowest BCUT2D eigenvalue weighted by Crippen LogP contribution is -2.15. The van der Waals surface area contributed by atoms with Gasteiger partial charge in [0.1, 0.15) is 5.75 Å². The van der Waals surface area contributed by atoms with E-state index in [-0.39, 0.29) is 0 Å². The van der Waals surface area contributed by atoms with E-state index in [1.54, 1.807) is 13.4 Å². The molecule has 0 fully saturated rings. The van der Waals surface area contributed by atoms with Crippen LogP contribution in [0.15, 0.2) is 60.1 Å². The van der Waals surface area contributed by atoms with Crippen molar-refractivity contribution in [1.29, 1.82) is 0 Å². The van der Waals surface area contributed by atoms with E-state index in [4.69, 9.17) is 16.3 Å². The van der Waals surface area contributed by atoms with E-state index in [0.29, 0.717) is 5.88 Å². The summed E-state index contributed by atoms with van der Waals surface area (Å²) >= 11 is 5.79. The van der Waals surface area contributed by atoms with Crippen LogP contribution < -0.4 is 4.74 Å². The summed E-state index contributed by atoms with van der Waals surface area (Å²) in [7, 11) is 3.65. The fourth-order valence-electron chi connectivity index (χ4n) is 2.09. The van der Waals surface area contributed by atoms with Gasteiger partial charge in [0.15, 0.2) is 0 Å². The van der Waals surface area contributed by atoms with Crippen LogP contribution in [0.25, 0.3) is 5.70 Å². The Bertz CT molecular complexity index is 663. The molecule has 0 bridgehead atoms. The van der Waals surface area contributed by atoms with E-state index in [2.05, 4.69) is 11.6 Å². The maximum atomic E-state index is 5.79. The van der Waals surface area contributed by atoms with Gasteiger partial charge in [-0.15, -0.1) is 11.6 Å². The lowest BCUT2D eigenvalue weighted by Gasteiger charge is -2.13. The normalized spacial score (nSPS) is 10.7. The minimum Gasteiger partial charge on any atom is -0.497 e. The molecule has 120 valence electrons. The molecule has 0 aliphatic rings. The summed E-state index contributed by atoms with van der Waals surface area (Å²) in [6.45, 7) is 4.78. The molecule has 0 aromatic heterocycles. The third-order valence-corrected chi connectivity index (χ3v) is 3.75. The van der Waals surface area contributed by atoms with Crippen molar-refractivity contribution >= 4 is 23.6 Å². The van der Waals surface area contributed by atoms with Crippen molar-refractivity contribution in [2.75, 3.05) is 14.2 Å². The molecule has 0 saturated heterocycles. The fraction of sp³-hybridized carbons (Fsp3) is 0.211. The van der Waals surface area contributed by atoms with Gasteiger partial charge in [-0.25, -0.2) is 4.99 Å². The summed E-state index contributed by atoms with van der Waals surface area (Å²) < 4.78 is 5.16. The highest BCUT2D eigenvalue weighted by atomic mass is 35.5. The summed E-state index contributed by atoms with van der Waals surface area (Å²) in [6, 6.07) is 16.0. The van der Waals surface area contributed by atoms with Crippen LogP contribution in [-0.2, 0) is 12.4 Å². The van der Waals surface area contributed by atoms with E-state index >= 15 is 0 Å². The highest BCUT2D eigenvalue weighted by Crippen LogP contribution is 2.16. The summed E-state index contributed by atoms with van der Waals surface area (Å²) in [5.74, 6) is 1.37. The third-order valence-electron chi connectivity index (χ3n) is 3.44. The van der Waals surface area contributed by atoms with Crippen LogP contribution in [0.3, 0.4) is 0 Å². The Morgan fingerprint density at radius 2 is 1.74 bits per heavy atom. The standard InChI is InChI=1S/C19H21ClN2O/c1-15(18-8-4-16(12-20)5-9-18)21-14-22(2)13-17-6-10-19(23-3)11-7-17/h4-11,14H,1,12-13H2,2-3H3. The number of halogens is 1. The van der Waals surface area contributed by atoms with Crippen molar-refractivity contribution in [3.8, 4) is 5.75 Å². The van der Waals surface area contributed by atoms with E-state index in [1.165, 1.54) is 5.56 Å². The zero-order chi connectivity index (χ0) is 16.7. The largest absolute Gasteiger partial charge is 0.497 e. The molecule has 23 heavy (non-hydrogen) atoms. The van der Waals surface area contributed by atoms with E-state index in [9.17, 15) is 0 Å². The molecule has 0 aliphatic heterocycles. The number of hydrogen-bond donors (Lipinski definition) is 0. The van der Waals surface area contributed by atoms with Gasteiger partial charge in [0.25, 0.3) is 0 Å². The van der Waals surface area contributed by atoms with Crippen molar-refractivity contribution in [1.82, 2.24) is 4.90 Å². The molecule has 2 aromatic rings. The van der Waals surface area contributed by atoms with Gasteiger partial charge in [0, 0.05) is 19.5 Å².